The Bertz CT molecular complexity index is 1250. The Morgan fingerprint density at radius 2 is 1.97 bits per heavy atom. The van der Waals surface area contributed by atoms with E-state index in [0.29, 0.717) is 22.8 Å². The minimum atomic E-state index is -4.82. The van der Waals surface area contributed by atoms with Crippen LogP contribution in [0.25, 0.3) is 16.9 Å². The van der Waals surface area contributed by atoms with Crippen molar-refractivity contribution in [1.29, 1.82) is 0 Å². The minimum absolute atomic E-state index is 0.131. The lowest BCUT2D eigenvalue weighted by atomic mass is 10.0. The van der Waals surface area contributed by atoms with E-state index in [0.717, 1.165) is 10.5 Å². The second kappa shape index (κ2) is 11.4. The third-order valence-corrected chi connectivity index (χ3v) is 5.70. The van der Waals surface area contributed by atoms with Crippen LogP contribution in [0.15, 0.2) is 42.9 Å². The molecule has 2 atom stereocenters. The molecular formula is C24H29F3N6O4. The zero-order valence-electron chi connectivity index (χ0n) is 21.1. The fourth-order valence-corrected chi connectivity index (χ4v) is 3.64. The summed E-state index contributed by atoms with van der Waals surface area (Å²) >= 11 is 0. The molecule has 3 rings (SSSR count). The van der Waals surface area contributed by atoms with Crippen molar-refractivity contribution in [3.05, 3.63) is 48.4 Å². The highest BCUT2D eigenvalue weighted by atomic mass is 19.4. The molecule has 2 aromatic heterocycles. The summed E-state index contributed by atoms with van der Waals surface area (Å²) in [6.07, 6.45) is -0.607. The molecule has 0 saturated heterocycles. The first-order valence-corrected chi connectivity index (χ1v) is 11.4. The molecule has 1 N–H and O–H groups in total. The number of halogens is 3. The van der Waals surface area contributed by atoms with Gasteiger partial charge in [-0.05, 0) is 25.5 Å². The van der Waals surface area contributed by atoms with Crippen LogP contribution in [0.1, 0.15) is 25.5 Å². The van der Waals surface area contributed by atoms with E-state index in [2.05, 4.69) is 14.7 Å². The third-order valence-electron chi connectivity index (χ3n) is 5.70. The molecule has 0 radical (unpaired) electrons. The normalized spacial score (nSPS) is 13.1. The average molecular weight is 523 g/mol. The van der Waals surface area contributed by atoms with Gasteiger partial charge in [0, 0.05) is 44.8 Å². The van der Waals surface area contributed by atoms with Gasteiger partial charge in [0.15, 0.2) is 11.7 Å². The predicted octanol–water partition coefficient (Wildman–Crippen LogP) is 4.13. The lowest BCUT2D eigenvalue weighted by molar-refractivity contribution is -0.162. The van der Waals surface area contributed by atoms with E-state index in [4.69, 9.17) is 4.74 Å². The van der Waals surface area contributed by atoms with Crippen LogP contribution in [0.5, 0.6) is 5.88 Å². The average Bonchev–Trinajstić information content (AvgIpc) is 3.34. The summed E-state index contributed by atoms with van der Waals surface area (Å²) in [7, 11) is 4.18. The molecule has 0 aliphatic rings. The molecule has 0 aliphatic carbocycles. The Balaban J connectivity index is 1.82. The molecule has 3 aromatic rings. The third kappa shape index (κ3) is 6.40. The van der Waals surface area contributed by atoms with Crippen molar-refractivity contribution in [2.75, 3.05) is 34.4 Å². The first-order chi connectivity index (χ1) is 17.5. The van der Waals surface area contributed by atoms with Gasteiger partial charge in [0.05, 0.1) is 18.8 Å². The van der Waals surface area contributed by atoms with Crippen molar-refractivity contribution < 1.29 is 32.2 Å². The van der Waals surface area contributed by atoms with Gasteiger partial charge in [0.1, 0.15) is 6.61 Å². The number of alkyl halides is 3. The number of benzene rings is 1. The largest absolute Gasteiger partial charge is 0.478 e. The lowest BCUT2D eigenvalue weighted by Gasteiger charge is -2.31. The van der Waals surface area contributed by atoms with Gasteiger partial charge in [-0.3, -0.25) is 0 Å². The van der Waals surface area contributed by atoms with Crippen molar-refractivity contribution in [3.63, 3.8) is 0 Å². The topological polar surface area (TPSA) is 101 Å². The summed E-state index contributed by atoms with van der Waals surface area (Å²) in [4.78, 5) is 35.5. The van der Waals surface area contributed by atoms with Gasteiger partial charge in [-0.2, -0.15) is 13.2 Å². The van der Waals surface area contributed by atoms with Crippen molar-refractivity contribution in [1.82, 2.24) is 29.5 Å². The number of carbonyl (C=O) groups excluding carboxylic acids is 2. The standard InChI is InChI=1S/C24H29F3N6O4/c1-6-33(22(34)30-19(24(25,26)27)14-37-23(35)31(3)4)15(2)16-8-7-9-17(12-16)18-13-32-11-10-28-20(32)21(29-18)36-5/h7-13,15,19H,6,14H2,1-5H3,(H,30,34). The fraction of sp³-hybridized carbons (Fsp3) is 0.417. The number of rotatable bonds is 8. The first kappa shape index (κ1) is 27.6. The molecule has 0 saturated carbocycles. The summed E-state index contributed by atoms with van der Waals surface area (Å²) in [5, 5.41) is 1.96. The molecule has 13 heteroatoms. The number of hydrogen-bond donors (Lipinski definition) is 1. The van der Waals surface area contributed by atoms with Crippen LogP contribution in [0, 0.1) is 0 Å². The summed E-state index contributed by atoms with van der Waals surface area (Å²) < 4.78 is 52.4. The molecule has 10 nitrogen and oxygen atoms in total. The Morgan fingerprint density at radius 3 is 2.59 bits per heavy atom. The SMILES string of the molecule is CCN(C(=O)NC(COC(=O)N(C)C)C(F)(F)F)C(C)c1cccc(-c2cn3ccnc3c(OC)n2)c1. The van der Waals surface area contributed by atoms with Crippen LogP contribution in [-0.2, 0) is 4.74 Å². The molecule has 0 aliphatic heterocycles. The smallest absolute Gasteiger partial charge is 0.412 e. The Morgan fingerprint density at radius 1 is 1.24 bits per heavy atom. The van der Waals surface area contributed by atoms with E-state index in [1.165, 1.54) is 26.1 Å². The summed E-state index contributed by atoms with van der Waals surface area (Å²) in [5.41, 5.74) is 2.55. The molecule has 0 spiro atoms. The molecule has 2 heterocycles. The Labute approximate surface area is 212 Å². The van der Waals surface area contributed by atoms with E-state index in [-0.39, 0.29) is 6.54 Å². The van der Waals surface area contributed by atoms with Crippen LogP contribution < -0.4 is 10.1 Å². The van der Waals surface area contributed by atoms with Gasteiger partial charge in [-0.15, -0.1) is 0 Å². The lowest BCUT2D eigenvalue weighted by Crippen LogP contribution is -2.53. The number of amides is 3. The number of aromatic nitrogens is 3. The van der Waals surface area contributed by atoms with Gasteiger partial charge >= 0.3 is 18.3 Å². The van der Waals surface area contributed by atoms with Gasteiger partial charge in [-0.25, -0.2) is 19.6 Å². The van der Waals surface area contributed by atoms with E-state index in [1.807, 2.05) is 17.4 Å². The Kier molecular flexibility index (Phi) is 8.46. The molecule has 37 heavy (non-hydrogen) atoms. The number of hydrogen-bond acceptors (Lipinski definition) is 6. The fourth-order valence-electron chi connectivity index (χ4n) is 3.64. The van der Waals surface area contributed by atoms with Crippen molar-refractivity contribution >= 4 is 17.8 Å². The van der Waals surface area contributed by atoms with E-state index < -0.39 is 37.0 Å². The molecule has 2 unspecified atom stereocenters. The number of nitrogens with zero attached hydrogens (tertiary/aromatic N) is 5. The maximum Gasteiger partial charge on any atom is 0.412 e. The molecular weight excluding hydrogens is 493 g/mol. The van der Waals surface area contributed by atoms with Gasteiger partial charge in [-0.1, -0.05) is 18.2 Å². The van der Waals surface area contributed by atoms with Crippen molar-refractivity contribution in [3.8, 4) is 17.1 Å². The summed E-state index contributed by atoms with van der Waals surface area (Å²) in [6, 6.07) is 3.30. The van der Waals surface area contributed by atoms with Crippen LogP contribution in [-0.4, -0.2) is 82.9 Å². The summed E-state index contributed by atoms with van der Waals surface area (Å²) in [5.74, 6) is 0.337. The predicted molar refractivity (Wildman–Crippen MR) is 129 cm³/mol. The number of ether oxygens (including phenoxy) is 2. The van der Waals surface area contributed by atoms with E-state index >= 15 is 0 Å². The maximum absolute atomic E-state index is 13.6. The second-order valence-corrected chi connectivity index (χ2v) is 8.40. The molecule has 200 valence electrons. The summed E-state index contributed by atoms with van der Waals surface area (Å²) in [6.45, 7) is 2.46. The van der Waals surface area contributed by atoms with E-state index in [9.17, 15) is 22.8 Å². The van der Waals surface area contributed by atoms with Gasteiger partial charge < -0.3 is 29.0 Å². The number of nitrogens with one attached hydrogen (secondary N) is 1. The number of carbonyl (C=O) groups is 2. The van der Waals surface area contributed by atoms with Gasteiger partial charge in [0.2, 0.25) is 0 Å². The van der Waals surface area contributed by atoms with Crippen LogP contribution >= 0.6 is 0 Å². The molecule has 1 aromatic carbocycles. The second-order valence-electron chi connectivity index (χ2n) is 8.40. The van der Waals surface area contributed by atoms with Crippen molar-refractivity contribution in [2.24, 2.45) is 0 Å². The Hall–Kier alpha value is -4.03. The molecule has 3 amide bonds. The monoisotopic (exact) mass is 522 g/mol. The molecule has 0 bridgehead atoms. The highest BCUT2D eigenvalue weighted by molar-refractivity contribution is 5.75. The minimum Gasteiger partial charge on any atom is -0.478 e. The zero-order chi connectivity index (χ0) is 27.3. The first-order valence-electron chi connectivity index (χ1n) is 11.4. The molecule has 0 fully saturated rings. The number of fused-ring (bicyclic) bond motifs is 1. The van der Waals surface area contributed by atoms with Crippen LogP contribution in [0.2, 0.25) is 0 Å². The quantitative estimate of drug-likeness (QED) is 0.478. The number of urea groups is 1. The van der Waals surface area contributed by atoms with Crippen LogP contribution in [0.3, 0.4) is 0 Å². The van der Waals surface area contributed by atoms with Crippen LogP contribution in [0.4, 0.5) is 22.8 Å². The number of imidazole rings is 1. The highest BCUT2D eigenvalue weighted by Crippen LogP contribution is 2.28. The van der Waals surface area contributed by atoms with Crippen molar-refractivity contribution in [2.45, 2.75) is 32.1 Å². The van der Waals surface area contributed by atoms with E-state index in [1.54, 1.807) is 49.0 Å². The number of methoxy groups -OCH3 is 1. The van der Waals surface area contributed by atoms with Gasteiger partial charge in [0.25, 0.3) is 5.88 Å². The highest BCUT2D eigenvalue weighted by Gasteiger charge is 2.42. The zero-order valence-corrected chi connectivity index (χ0v) is 21.1. The maximum atomic E-state index is 13.6.